The summed E-state index contributed by atoms with van der Waals surface area (Å²) >= 11 is 0. The van der Waals surface area contributed by atoms with E-state index in [1.54, 1.807) is 0 Å². The lowest BCUT2D eigenvalue weighted by Crippen LogP contribution is -2.11. The summed E-state index contributed by atoms with van der Waals surface area (Å²) in [6.45, 7) is 0. The molecule has 0 spiro atoms. The second kappa shape index (κ2) is 5.34. The van der Waals surface area contributed by atoms with Crippen molar-refractivity contribution < 1.29 is 23.4 Å². The van der Waals surface area contributed by atoms with Crippen LogP contribution < -0.4 is 10.1 Å². The zero-order valence-corrected chi connectivity index (χ0v) is 10.1. The molecule has 0 saturated heterocycles. The fourth-order valence-corrected chi connectivity index (χ4v) is 1.39. The first kappa shape index (κ1) is 13.5. The highest BCUT2D eigenvalue weighted by molar-refractivity contribution is 6.02. The van der Waals surface area contributed by atoms with Crippen molar-refractivity contribution in [1.82, 2.24) is 5.16 Å². The van der Waals surface area contributed by atoms with Crippen LogP contribution >= 0.6 is 0 Å². The normalized spacial score (nSPS) is 10.1. The van der Waals surface area contributed by atoms with Crippen LogP contribution in [-0.4, -0.2) is 23.1 Å². The number of nitro groups is 1. The quantitative estimate of drug-likeness (QED) is 0.678. The molecule has 0 bridgehead atoms. The van der Waals surface area contributed by atoms with Gasteiger partial charge in [-0.3, -0.25) is 14.9 Å². The standard InChI is InChI=1S/C11H8FN3O5/c1-19-10-5-9(20-14-10)11(16)13-6-2-3-7(12)8(4-6)15(17)18/h2-5H,1H3,(H,13,16). The smallest absolute Gasteiger partial charge is 0.306 e. The summed E-state index contributed by atoms with van der Waals surface area (Å²) < 4.78 is 22.6. The molecule has 0 aliphatic carbocycles. The summed E-state index contributed by atoms with van der Waals surface area (Å²) in [5, 5.41) is 16.3. The second-order valence-electron chi connectivity index (χ2n) is 3.61. The van der Waals surface area contributed by atoms with E-state index in [0.29, 0.717) is 0 Å². The van der Waals surface area contributed by atoms with Gasteiger partial charge in [0.1, 0.15) is 0 Å². The Morgan fingerprint density at radius 3 is 2.85 bits per heavy atom. The molecule has 0 atom stereocenters. The number of amides is 1. The molecule has 0 radical (unpaired) electrons. The number of carbonyl (C=O) groups excluding carboxylic acids is 1. The van der Waals surface area contributed by atoms with E-state index in [0.717, 1.165) is 12.1 Å². The van der Waals surface area contributed by atoms with Crippen LogP contribution in [0.4, 0.5) is 15.8 Å². The Kier molecular flexibility index (Phi) is 3.60. The van der Waals surface area contributed by atoms with Gasteiger partial charge in [-0.05, 0) is 17.3 Å². The summed E-state index contributed by atoms with van der Waals surface area (Å²) in [6.07, 6.45) is 0. The highest BCUT2D eigenvalue weighted by Gasteiger charge is 2.18. The Labute approximate surface area is 111 Å². The molecule has 20 heavy (non-hydrogen) atoms. The lowest BCUT2D eigenvalue weighted by atomic mass is 10.2. The minimum atomic E-state index is -0.991. The fraction of sp³-hybridized carbons (Fsp3) is 0.0909. The van der Waals surface area contributed by atoms with E-state index < -0.39 is 22.3 Å². The molecule has 9 heteroatoms. The number of anilines is 1. The van der Waals surface area contributed by atoms with Crippen LogP contribution in [0.5, 0.6) is 5.88 Å². The van der Waals surface area contributed by atoms with E-state index in [9.17, 15) is 19.3 Å². The van der Waals surface area contributed by atoms with Crippen molar-refractivity contribution in [2.75, 3.05) is 12.4 Å². The van der Waals surface area contributed by atoms with Crippen LogP contribution in [0.15, 0.2) is 28.8 Å². The van der Waals surface area contributed by atoms with Gasteiger partial charge >= 0.3 is 5.69 Å². The number of aromatic nitrogens is 1. The van der Waals surface area contributed by atoms with E-state index >= 15 is 0 Å². The molecule has 2 rings (SSSR count). The molecule has 1 amide bonds. The molecule has 1 heterocycles. The van der Waals surface area contributed by atoms with Gasteiger partial charge in [0.05, 0.1) is 18.1 Å². The highest BCUT2D eigenvalue weighted by Crippen LogP contribution is 2.22. The number of nitro benzene ring substituents is 1. The third-order valence-electron chi connectivity index (χ3n) is 2.32. The Balaban J connectivity index is 2.19. The predicted molar refractivity (Wildman–Crippen MR) is 64.1 cm³/mol. The van der Waals surface area contributed by atoms with Gasteiger partial charge in [0.2, 0.25) is 11.6 Å². The topological polar surface area (TPSA) is 108 Å². The molecule has 0 aliphatic rings. The van der Waals surface area contributed by atoms with Gasteiger partial charge in [-0.15, -0.1) is 0 Å². The SMILES string of the molecule is COc1cc(C(=O)Nc2ccc(F)c([N+](=O)[O-])c2)on1. The van der Waals surface area contributed by atoms with Crippen molar-refractivity contribution in [3.8, 4) is 5.88 Å². The maximum Gasteiger partial charge on any atom is 0.306 e. The number of methoxy groups -OCH3 is 1. The van der Waals surface area contributed by atoms with Crippen molar-refractivity contribution in [1.29, 1.82) is 0 Å². The molecule has 0 fully saturated rings. The Bertz CT molecular complexity index is 670. The number of carbonyl (C=O) groups is 1. The fourth-order valence-electron chi connectivity index (χ4n) is 1.39. The number of benzene rings is 1. The number of ether oxygens (including phenoxy) is 1. The largest absolute Gasteiger partial charge is 0.479 e. The van der Waals surface area contributed by atoms with Crippen molar-refractivity contribution in [2.24, 2.45) is 0 Å². The lowest BCUT2D eigenvalue weighted by Gasteiger charge is -2.02. The Morgan fingerprint density at radius 1 is 1.50 bits per heavy atom. The van der Waals surface area contributed by atoms with Crippen molar-refractivity contribution in [3.05, 3.63) is 46.0 Å². The van der Waals surface area contributed by atoms with E-state index in [1.807, 2.05) is 0 Å². The molecule has 1 N–H and O–H groups in total. The Morgan fingerprint density at radius 2 is 2.25 bits per heavy atom. The van der Waals surface area contributed by atoms with E-state index in [2.05, 4.69) is 10.5 Å². The first-order valence-electron chi connectivity index (χ1n) is 5.27. The number of nitrogens with zero attached hydrogens (tertiary/aromatic N) is 2. The lowest BCUT2D eigenvalue weighted by molar-refractivity contribution is -0.387. The third kappa shape index (κ3) is 2.71. The van der Waals surface area contributed by atoms with Gasteiger partial charge < -0.3 is 14.6 Å². The van der Waals surface area contributed by atoms with Crippen molar-refractivity contribution in [3.63, 3.8) is 0 Å². The molecule has 0 aliphatic heterocycles. The molecular formula is C11H8FN3O5. The van der Waals surface area contributed by atoms with Crippen LogP contribution in [0, 0.1) is 15.9 Å². The van der Waals surface area contributed by atoms with Gasteiger partial charge in [-0.2, -0.15) is 4.39 Å². The molecule has 1 aromatic carbocycles. The van der Waals surface area contributed by atoms with Crippen LogP contribution in [0.2, 0.25) is 0 Å². The van der Waals surface area contributed by atoms with Crippen LogP contribution in [0.3, 0.4) is 0 Å². The third-order valence-corrected chi connectivity index (χ3v) is 2.32. The molecule has 0 unspecified atom stereocenters. The summed E-state index contributed by atoms with van der Waals surface area (Å²) in [6, 6.07) is 4.22. The first-order chi connectivity index (χ1) is 9.51. The summed E-state index contributed by atoms with van der Waals surface area (Å²) in [5.41, 5.74) is -0.684. The first-order valence-corrected chi connectivity index (χ1v) is 5.27. The van der Waals surface area contributed by atoms with Crippen molar-refractivity contribution >= 4 is 17.3 Å². The minimum absolute atomic E-state index is 0.0541. The van der Waals surface area contributed by atoms with Gasteiger partial charge in [-0.25, -0.2) is 0 Å². The molecule has 8 nitrogen and oxygen atoms in total. The molecule has 0 saturated carbocycles. The average Bonchev–Trinajstić information content (AvgIpc) is 2.89. The highest BCUT2D eigenvalue weighted by atomic mass is 19.1. The van der Waals surface area contributed by atoms with Crippen LogP contribution in [0.25, 0.3) is 0 Å². The summed E-state index contributed by atoms with van der Waals surface area (Å²) in [4.78, 5) is 21.4. The van der Waals surface area contributed by atoms with Crippen LogP contribution in [0.1, 0.15) is 10.6 Å². The second-order valence-corrected chi connectivity index (χ2v) is 3.61. The van der Waals surface area contributed by atoms with Gasteiger partial charge in [0.25, 0.3) is 11.8 Å². The zero-order chi connectivity index (χ0) is 14.7. The van der Waals surface area contributed by atoms with Crippen LogP contribution in [-0.2, 0) is 0 Å². The zero-order valence-electron chi connectivity index (χ0n) is 10.1. The van der Waals surface area contributed by atoms with Crippen molar-refractivity contribution in [2.45, 2.75) is 0 Å². The maximum absolute atomic E-state index is 13.1. The molecule has 1 aromatic heterocycles. The van der Waals surface area contributed by atoms with E-state index in [-0.39, 0.29) is 17.3 Å². The number of hydrogen-bond acceptors (Lipinski definition) is 6. The average molecular weight is 281 g/mol. The number of halogens is 1. The van der Waals surface area contributed by atoms with Gasteiger partial charge in [0.15, 0.2) is 0 Å². The summed E-state index contributed by atoms with van der Waals surface area (Å²) in [7, 11) is 1.35. The van der Waals surface area contributed by atoms with E-state index in [1.165, 1.54) is 19.2 Å². The Hall–Kier alpha value is -2.97. The monoisotopic (exact) mass is 281 g/mol. The predicted octanol–water partition coefficient (Wildman–Crippen LogP) is 1.98. The number of rotatable bonds is 4. The van der Waals surface area contributed by atoms with E-state index in [4.69, 9.17) is 9.26 Å². The van der Waals surface area contributed by atoms with Gasteiger partial charge in [-0.1, -0.05) is 0 Å². The summed E-state index contributed by atoms with van der Waals surface area (Å²) in [5.74, 6) is -1.72. The molecular weight excluding hydrogens is 273 g/mol. The molecule has 2 aromatic rings. The molecule has 104 valence electrons. The maximum atomic E-state index is 13.1. The minimum Gasteiger partial charge on any atom is -0.479 e. The number of hydrogen-bond donors (Lipinski definition) is 1. The van der Waals surface area contributed by atoms with Gasteiger partial charge in [0, 0.05) is 11.8 Å². The number of nitrogens with one attached hydrogen (secondary N) is 1.